The van der Waals surface area contributed by atoms with Gasteiger partial charge in [0, 0.05) is 25.8 Å². The summed E-state index contributed by atoms with van der Waals surface area (Å²) in [6.45, 7) is 2.20. The van der Waals surface area contributed by atoms with E-state index in [1.807, 2.05) is 18.2 Å². The Balaban J connectivity index is 0.00000306. The first-order valence-electron chi connectivity index (χ1n) is 10.2. The van der Waals surface area contributed by atoms with Crippen LogP contribution in [0.3, 0.4) is 0 Å². The Bertz CT molecular complexity index is 1240. The molecular formula is C22H26Cl2N6O2S. The summed E-state index contributed by atoms with van der Waals surface area (Å²) in [4.78, 5) is 8.79. The molecule has 0 radical (unpaired) electrons. The molecule has 0 saturated carbocycles. The van der Waals surface area contributed by atoms with Gasteiger partial charge in [0.1, 0.15) is 5.02 Å². The third-order valence-electron chi connectivity index (χ3n) is 5.37. The van der Waals surface area contributed by atoms with Crippen LogP contribution in [0.15, 0.2) is 48.7 Å². The highest BCUT2D eigenvalue weighted by molar-refractivity contribution is 7.92. The van der Waals surface area contributed by atoms with Gasteiger partial charge in [-0.2, -0.15) is 4.98 Å². The number of halogens is 2. The van der Waals surface area contributed by atoms with Gasteiger partial charge in [-0.15, -0.1) is 12.4 Å². The fraction of sp³-hybridized carbons (Fsp3) is 0.273. The van der Waals surface area contributed by atoms with E-state index >= 15 is 0 Å². The predicted molar refractivity (Wildman–Crippen MR) is 136 cm³/mol. The highest BCUT2D eigenvalue weighted by Crippen LogP contribution is 2.26. The molecular weight excluding hydrogens is 483 g/mol. The maximum atomic E-state index is 12.0. The summed E-state index contributed by atoms with van der Waals surface area (Å²) in [6, 6.07) is 13.5. The first kappa shape index (κ1) is 25.0. The van der Waals surface area contributed by atoms with E-state index in [0.29, 0.717) is 29.0 Å². The van der Waals surface area contributed by atoms with Crippen molar-refractivity contribution in [1.82, 2.24) is 15.3 Å². The zero-order valence-corrected chi connectivity index (χ0v) is 20.7. The number of para-hydroxylation sites is 1. The van der Waals surface area contributed by atoms with E-state index in [0.717, 1.165) is 30.8 Å². The lowest BCUT2D eigenvalue weighted by Gasteiger charge is -2.20. The molecule has 2 aromatic carbocycles. The van der Waals surface area contributed by atoms with Crippen LogP contribution in [0.5, 0.6) is 0 Å². The van der Waals surface area contributed by atoms with Gasteiger partial charge in [-0.25, -0.2) is 13.4 Å². The van der Waals surface area contributed by atoms with Crippen LogP contribution in [0.4, 0.5) is 23.1 Å². The number of hydrogen-bond acceptors (Lipinski definition) is 7. The molecule has 4 rings (SSSR count). The van der Waals surface area contributed by atoms with E-state index < -0.39 is 10.0 Å². The van der Waals surface area contributed by atoms with Crippen LogP contribution in [0, 0.1) is 0 Å². The van der Waals surface area contributed by atoms with E-state index in [4.69, 9.17) is 11.6 Å². The highest BCUT2D eigenvalue weighted by atomic mass is 35.5. The molecule has 8 nitrogen and oxygen atoms in total. The lowest BCUT2D eigenvalue weighted by atomic mass is 10.0. The van der Waals surface area contributed by atoms with Gasteiger partial charge in [0.15, 0.2) is 5.82 Å². The standard InChI is InChI=1S/C22H25ClN6O2S.ClH/c1-29(32(2,30)31)20-6-4-3-5-17(20)13-25-21-19(23)14-26-22(28-21)27-18-8-7-16-12-24-10-9-15(16)11-18;/h3-8,11,14,24H,9-10,12-13H2,1-2H3,(H2,25,26,27,28);1H. The van der Waals surface area contributed by atoms with E-state index in [2.05, 4.69) is 38.1 Å². The van der Waals surface area contributed by atoms with Crippen molar-refractivity contribution in [3.05, 3.63) is 70.4 Å². The Hall–Kier alpha value is -2.59. The van der Waals surface area contributed by atoms with Gasteiger partial charge in [0.25, 0.3) is 0 Å². The molecule has 1 aromatic heterocycles. The van der Waals surface area contributed by atoms with Gasteiger partial charge in [0.05, 0.1) is 18.1 Å². The number of rotatable bonds is 7. The number of aromatic nitrogens is 2. The monoisotopic (exact) mass is 508 g/mol. The van der Waals surface area contributed by atoms with Crippen molar-refractivity contribution in [3.63, 3.8) is 0 Å². The third-order valence-corrected chi connectivity index (χ3v) is 6.84. The Morgan fingerprint density at radius 1 is 1.18 bits per heavy atom. The van der Waals surface area contributed by atoms with E-state index in [1.165, 1.54) is 34.9 Å². The molecule has 0 bridgehead atoms. The summed E-state index contributed by atoms with van der Waals surface area (Å²) >= 11 is 6.31. The molecule has 3 aromatic rings. The molecule has 0 spiro atoms. The molecule has 2 heterocycles. The lowest BCUT2D eigenvalue weighted by Crippen LogP contribution is -2.26. The molecule has 1 aliphatic rings. The number of hydrogen-bond donors (Lipinski definition) is 3. The van der Waals surface area contributed by atoms with Crippen molar-refractivity contribution >= 4 is 57.2 Å². The minimum Gasteiger partial charge on any atom is -0.365 e. The SMILES string of the molecule is CN(c1ccccc1CNc1nc(Nc2ccc3c(c2)CCNC3)ncc1Cl)S(C)(=O)=O.Cl. The lowest BCUT2D eigenvalue weighted by molar-refractivity contribution is 0.600. The number of sulfonamides is 1. The summed E-state index contributed by atoms with van der Waals surface area (Å²) in [5.74, 6) is 0.885. The summed E-state index contributed by atoms with van der Waals surface area (Å²) in [7, 11) is -1.85. The number of benzene rings is 2. The van der Waals surface area contributed by atoms with Gasteiger partial charge in [-0.3, -0.25) is 4.31 Å². The average Bonchev–Trinajstić information content (AvgIpc) is 2.78. The summed E-state index contributed by atoms with van der Waals surface area (Å²) < 4.78 is 25.2. The van der Waals surface area contributed by atoms with Crippen LogP contribution >= 0.6 is 24.0 Å². The van der Waals surface area contributed by atoms with Crippen molar-refractivity contribution < 1.29 is 8.42 Å². The molecule has 11 heteroatoms. The van der Waals surface area contributed by atoms with E-state index in [1.54, 1.807) is 12.1 Å². The fourth-order valence-electron chi connectivity index (χ4n) is 3.56. The van der Waals surface area contributed by atoms with Crippen LogP contribution in [0.1, 0.15) is 16.7 Å². The molecule has 3 N–H and O–H groups in total. The maximum absolute atomic E-state index is 12.0. The molecule has 0 atom stereocenters. The van der Waals surface area contributed by atoms with Gasteiger partial charge in [0.2, 0.25) is 16.0 Å². The molecule has 176 valence electrons. The molecule has 0 fully saturated rings. The zero-order chi connectivity index (χ0) is 22.7. The largest absolute Gasteiger partial charge is 0.365 e. The van der Waals surface area contributed by atoms with Crippen molar-refractivity contribution in [3.8, 4) is 0 Å². The van der Waals surface area contributed by atoms with Crippen LogP contribution in [0.2, 0.25) is 5.02 Å². The van der Waals surface area contributed by atoms with E-state index in [9.17, 15) is 8.42 Å². The van der Waals surface area contributed by atoms with Crippen LogP contribution in [0.25, 0.3) is 0 Å². The summed E-state index contributed by atoms with van der Waals surface area (Å²) in [6.07, 6.45) is 3.70. The molecule has 0 saturated heterocycles. The van der Waals surface area contributed by atoms with Crippen molar-refractivity contribution in [1.29, 1.82) is 0 Å². The number of anilines is 4. The third kappa shape index (κ3) is 6.05. The number of fused-ring (bicyclic) bond motifs is 1. The number of nitrogens with zero attached hydrogens (tertiary/aromatic N) is 3. The molecule has 33 heavy (non-hydrogen) atoms. The molecule has 0 aliphatic carbocycles. The van der Waals surface area contributed by atoms with Gasteiger partial charge >= 0.3 is 0 Å². The topological polar surface area (TPSA) is 99.2 Å². The normalized spacial score (nSPS) is 12.9. The fourth-order valence-corrected chi connectivity index (χ4v) is 4.25. The Morgan fingerprint density at radius 2 is 1.97 bits per heavy atom. The van der Waals surface area contributed by atoms with Crippen molar-refractivity contribution in [2.75, 3.05) is 34.8 Å². The molecule has 0 amide bonds. The Morgan fingerprint density at radius 3 is 2.76 bits per heavy atom. The minimum absolute atomic E-state index is 0. The van der Waals surface area contributed by atoms with Crippen LogP contribution in [-0.2, 0) is 29.5 Å². The minimum atomic E-state index is -3.38. The van der Waals surface area contributed by atoms with Crippen LogP contribution < -0.4 is 20.3 Å². The second-order valence-electron chi connectivity index (χ2n) is 7.64. The summed E-state index contributed by atoms with van der Waals surface area (Å²) in [5, 5.41) is 10.2. The van der Waals surface area contributed by atoms with Crippen molar-refractivity contribution in [2.24, 2.45) is 0 Å². The Kier molecular flexibility index (Phi) is 8.01. The van der Waals surface area contributed by atoms with Gasteiger partial charge in [-0.05, 0) is 47.9 Å². The maximum Gasteiger partial charge on any atom is 0.232 e. The van der Waals surface area contributed by atoms with Crippen molar-refractivity contribution in [2.45, 2.75) is 19.5 Å². The van der Waals surface area contributed by atoms with Crippen LogP contribution in [-0.4, -0.2) is 38.2 Å². The number of nitrogens with one attached hydrogen (secondary N) is 3. The predicted octanol–water partition coefficient (Wildman–Crippen LogP) is 3.95. The second-order valence-corrected chi connectivity index (χ2v) is 10.1. The Labute approximate surface area is 205 Å². The van der Waals surface area contributed by atoms with Gasteiger partial charge in [-0.1, -0.05) is 35.9 Å². The molecule has 0 unspecified atom stereocenters. The quantitative estimate of drug-likeness (QED) is 0.444. The first-order valence-corrected chi connectivity index (χ1v) is 12.4. The van der Waals surface area contributed by atoms with Gasteiger partial charge < -0.3 is 16.0 Å². The van der Waals surface area contributed by atoms with E-state index in [-0.39, 0.29) is 12.4 Å². The molecule has 1 aliphatic heterocycles. The highest BCUT2D eigenvalue weighted by Gasteiger charge is 2.16. The second kappa shape index (κ2) is 10.6. The smallest absolute Gasteiger partial charge is 0.232 e. The average molecular weight is 509 g/mol. The zero-order valence-electron chi connectivity index (χ0n) is 18.3. The summed E-state index contributed by atoms with van der Waals surface area (Å²) in [5.41, 5.74) is 4.92. The first-order chi connectivity index (χ1) is 15.3.